The van der Waals surface area contributed by atoms with Gasteiger partial charge >= 0.3 is 0 Å². The summed E-state index contributed by atoms with van der Waals surface area (Å²) >= 11 is 1.71. The van der Waals surface area contributed by atoms with Gasteiger partial charge in [0.2, 0.25) is 0 Å². The van der Waals surface area contributed by atoms with Crippen molar-refractivity contribution in [3.63, 3.8) is 0 Å². The van der Waals surface area contributed by atoms with Gasteiger partial charge in [-0.2, -0.15) is 0 Å². The Morgan fingerprint density at radius 2 is 2.10 bits per heavy atom. The van der Waals surface area contributed by atoms with Gasteiger partial charge < -0.3 is 5.32 Å². The zero-order valence-corrected chi connectivity index (χ0v) is 14.2. The van der Waals surface area contributed by atoms with E-state index in [4.69, 9.17) is 0 Å². The highest BCUT2D eigenvalue weighted by atomic mass is 32.1. The molecule has 4 heteroatoms. The highest BCUT2D eigenvalue weighted by Crippen LogP contribution is 2.34. The normalized spacial score (nSPS) is 12.0. The summed E-state index contributed by atoms with van der Waals surface area (Å²) in [4.78, 5) is 3.52. The molecular formula is C17H25FN2S. The van der Waals surface area contributed by atoms with Crippen LogP contribution in [0.4, 0.5) is 4.39 Å². The van der Waals surface area contributed by atoms with Crippen molar-refractivity contribution in [3.05, 3.63) is 34.5 Å². The van der Waals surface area contributed by atoms with Crippen molar-refractivity contribution in [3.8, 4) is 0 Å². The Morgan fingerprint density at radius 1 is 1.33 bits per heavy atom. The predicted molar refractivity (Wildman–Crippen MR) is 90.4 cm³/mol. The fraction of sp³-hybridized carbons (Fsp3) is 0.529. The lowest BCUT2D eigenvalue weighted by atomic mass is 10.1. The Bertz CT molecular complexity index is 592. The molecule has 1 aromatic heterocycles. The van der Waals surface area contributed by atoms with Crippen LogP contribution in [0, 0.1) is 5.82 Å². The molecule has 0 aliphatic carbocycles. The van der Waals surface area contributed by atoms with Gasteiger partial charge in [-0.25, -0.2) is 4.39 Å². The van der Waals surface area contributed by atoms with Crippen molar-refractivity contribution in [2.75, 3.05) is 13.6 Å². The molecule has 1 heterocycles. The van der Waals surface area contributed by atoms with Crippen LogP contribution in [0.1, 0.15) is 37.6 Å². The maximum Gasteiger partial charge on any atom is 0.132 e. The molecule has 116 valence electrons. The molecule has 2 aromatic rings. The average molecular weight is 308 g/mol. The summed E-state index contributed by atoms with van der Waals surface area (Å²) in [6, 6.07) is 5.83. The monoisotopic (exact) mass is 308 g/mol. The molecule has 0 bridgehead atoms. The number of hydrogen-bond donors (Lipinski definition) is 1. The van der Waals surface area contributed by atoms with Crippen LogP contribution in [0.5, 0.6) is 0 Å². The van der Waals surface area contributed by atoms with E-state index in [9.17, 15) is 4.39 Å². The topological polar surface area (TPSA) is 15.3 Å². The van der Waals surface area contributed by atoms with Crippen molar-refractivity contribution < 1.29 is 4.39 Å². The first-order valence-electron chi connectivity index (χ1n) is 7.64. The predicted octanol–water partition coefficient (Wildman–Crippen LogP) is 4.38. The van der Waals surface area contributed by atoms with Crippen LogP contribution in [-0.2, 0) is 13.1 Å². The van der Waals surface area contributed by atoms with E-state index in [0.29, 0.717) is 6.04 Å². The third-order valence-corrected chi connectivity index (χ3v) is 5.05. The molecule has 2 rings (SSSR count). The lowest BCUT2D eigenvalue weighted by Gasteiger charge is -2.21. The van der Waals surface area contributed by atoms with E-state index in [2.05, 4.69) is 38.0 Å². The third-order valence-electron chi connectivity index (χ3n) is 3.85. The van der Waals surface area contributed by atoms with E-state index in [0.717, 1.165) is 41.7 Å². The molecule has 0 radical (unpaired) electrons. The summed E-state index contributed by atoms with van der Waals surface area (Å²) in [5, 5.41) is 4.25. The van der Waals surface area contributed by atoms with Crippen molar-refractivity contribution in [2.24, 2.45) is 0 Å². The number of benzene rings is 1. The molecule has 0 aliphatic rings. The minimum absolute atomic E-state index is 0.0994. The van der Waals surface area contributed by atoms with Gasteiger partial charge in [0.05, 0.1) is 0 Å². The van der Waals surface area contributed by atoms with Crippen LogP contribution in [0.25, 0.3) is 10.1 Å². The maximum absolute atomic E-state index is 14.3. The summed E-state index contributed by atoms with van der Waals surface area (Å²) < 4.78 is 15.3. The lowest BCUT2D eigenvalue weighted by Crippen LogP contribution is -2.26. The lowest BCUT2D eigenvalue weighted by molar-refractivity contribution is 0.266. The Balaban J connectivity index is 2.38. The van der Waals surface area contributed by atoms with Crippen molar-refractivity contribution >= 4 is 21.4 Å². The highest BCUT2D eigenvalue weighted by molar-refractivity contribution is 7.19. The van der Waals surface area contributed by atoms with Crippen LogP contribution in [0.15, 0.2) is 18.2 Å². The first-order valence-corrected chi connectivity index (χ1v) is 8.46. The maximum atomic E-state index is 14.3. The van der Waals surface area contributed by atoms with E-state index in [1.54, 1.807) is 23.5 Å². The van der Waals surface area contributed by atoms with Gasteiger partial charge in [-0.05, 0) is 51.6 Å². The molecule has 0 fully saturated rings. The molecule has 0 atom stereocenters. The van der Waals surface area contributed by atoms with E-state index in [1.807, 2.05) is 6.07 Å². The number of fused-ring (bicyclic) bond motifs is 1. The SMILES string of the molecule is CCCNCc1sc2cccc(F)c2c1CN(C)C(C)C. The summed E-state index contributed by atoms with van der Waals surface area (Å²) in [6.45, 7) is 9.11. The van der Waals surface area contributed by atoms with Crippen LogP contribution < -0.4 is 5.32 Å². The molecule has 0 unspecified atom stereocenters. The van der Waals surface area contributed by atoms with Crippen molar-refractivity contribution in [1.82, 2.24) is 10.2 Å². The minimum Gasteiger partial charge on any atom is -0.312 e. The quantitative estimate of drug-likeness (QED) is 0.764. The number of hydrogen-bond acceptors (Lipinski definition) is 3. The Morgan fingerprint density at radius 3 is 2.76 bits per heavy atom. The molecule has 0 amide bonds. The van der Waals surface area contributed by atoms with E-state index < -0.39 is 0 Å². The second-order valence-corrected chi connectivity index (χ2v) is 6.94. The van der Waals surface area contributed by atoms with Gasteiger partial charge in [0.15, 0.2) is 0 Å². The molecule has 0 saturated heterocycles. The first-order chi connectivity index (χ1) is 10.0. The van der Waals surface area contributed by atoms with E-state index in [1.165, 1.54) is 4.88 Å². The van der Waals surface area contributed by atoms with Crippen LogP contribution >= 0.6 is 11.3 Å². The van der Waals surface area contributed by atoms with Crippen LogP contribution in [0.3, 0.4) is 0 Å². The van der Waals surface area contributed by atoms with Gasteiger partial charge in [-0.15, -0.1) is 11.3 Å². The number of nitrogens with zero attached hydrogens (tertiary/aromatic N) is 1. The zero-order chi connectivity index (χ0) is 15.4. The molecule has 0 spiro atoms. The van der Waals surface area contributed by atoms with Gasteiger partial charge in [0, 0.05) is 34.1 Å². The summed E-state index contributed by atoms with van der Waals surface area (Å²) in [7, 11) is 2.10. The Labute approximate surface area is 131 Å². The fourth-order valence-corrected chi connectivity index (χ4v) is 3.54. The molecule has 0 aliphatic heterocycles. The second-order valence-electron chi connectivity index (χ2n) is 5.80. The number of rotatable bonds is 7. The molecule has 1 aromatic carbocycles. The van der Waals surface area contributed by atoms with Gasteiger partial charge in [0.25, 0.3) is 0 Å². The number of thiophene rings is 1. The van der Waals surface area contributed by atoms with E-state index in [-0.39, 0.29) is 5.82 Å². The molecular weight excluding hydrogens is 283 g/mol. The smallest absolute Gasteiger partial charge is 0.132 e. The van der Waals surface area contributed by atoms with Crippen molar-refractivity contribution in [2.45, 2.75) is 46.3 Å². The average Bonchev–Trinajstić information content (AvgIpc) is 2.78. The Hall–Kier alpha value is -0.970. The fourth-order valence-electron chi connectivity index (χ4n) is 2.34. The Kier molecular flexibility index (Phi) is 5.73. The van der Waals surface area contributed by atoms with Gasteiger partial charge in [-0.1, -0.05) is 13.0 Å². The summed E-state index contributed by atoms with van der Waals surface area (Å²) in [5.41, 5.74) is 1.15. The molecule has 2 nitrogen and oxygen atoms in total. The van der Waals surface area contributed by atoms with Crippen LogP contribution in [0.2, 0.25) is 0 Å². The zero-order valence-electron chi connectivity index (χ0n) is 13.4. The highest BCUT2D eigenvalue weighted by Gasteiger charge is 2.17. The third kappa shape index (κ3) is 3.82. The largest absolute Gasteiger partial charge is 0.312 e. The van der Waals surface area contributed by atoms with Crippen molar-refractivity contribution in [1.29, 1.82) is 0 Å². The first kappa shape index (κ1) is 16.4. The summed E-state index contributed by atoms with van der Waals surface area (Å²) in [5.74, 6) is -0.0994. The molecule has 21 heavy (non-hydrogen) atoms. The summed E-state index contributed by atoms with van der Waals surface area (Å²) in [6.07, 6.45) is 1.11. The number of halogens is 1. The molecule has 1 N–H and O–H groups in total. The number of nitrogens with one attached hydrogen (secondary N) is 1. The molecule has 0 saturated carbocycles. The van der Waals surface area contributed by atoms with Crippen LogP contribution in [-0.4, -0.2) is 24.5 Å². The van der Waals surface area contributed by atoms with Gasteiger partial charge in [-0.3, -0.25) is 4.90 Å². The van der Waals surface area contributed by atoms with E-state index >= 15 is 0 Å². The standard InChI is InChI=1S/C17H25FN2S/c1-5-9-19-10-16-13(11-20(4)12(2)3)17-14(18)7-6-8-15(17)21-16/h6-8,12,19H,5,9-11H2,1-4H3. The van der Waals surface area contributed by atoms with Gasteiger partial charge in [0.1, 0.15) is 5.82 Å². The second kappa shape index (κ2) is 7.34. The minimum atomic E-state index is -0.0994.